The topological polar surface area (TPSA) is 96.6 Å². The first-order chi connectivity index (χ1) is 11.5. The van der Waals surface area contributed by atoms with Gasteiger partial charge >= 0.3 is 0 Å². The first-order valence-corrected chi connectivity index (χ1v) is 10.2. The van der Waals surface area contributed by atoms with E-state index < -0.39 is 6.04 Å². The van der Waals surface area contributed by atoms with Gasteiger partial charge in [0, 0.05) is 11.3 Å². The van der Waals surface area contributed by atoms with Gasteiger partial charge in [0.25, 0.3) is 5.91 Å². The van der Waals surface area contributed by atoms with Gasteiger partial charge in [-0.25, -0.2) is 4.36 Å². The molecule has 2 aliphatic rings. The molecule has 1 unspecified atom stereocenters. The second-order valence-corrected chi connectivity index (χ2v) is 9.40. The van der Waals surface area contributed by atoms with Crippen LogP contribution in [0.25, 0.3) is 0 Å². The van der Waals surface area contributed by atoms with Crippen LogP contribution in [-0.2, 0) is 15.5 Å². The zero-order chi connectivity index (χ0) is 17.3. The zero-order valence-electron chi connectivity index (χ0n) is 13.0. The average molecular weight is 429 g/mol. The number of nitrogens with zero attached hydrogens (tertiary/aromatic N) is 1. The van der Waals surface area contributed by atoms with E-state index in [2.05, 4.69) is 30.9 Å². The minimum Gasteiger partial charge on any atom is -0.368 e. The lowest BCUT2D eigenvalue weighted by molar-refractivity contribution is -0.119. The Bertz CT molecular complexity index is 783. The van der Waals surface area contributed by atoms with Crippen molar-refractivity contribution in [2.45, 2.75) is 18.9 Å². The van der Waals surface area contributed by atoms with Crippen LogP contribution in [0.15, 0.2) is 41.9 Å². The Labute approximate surface area is 154 Å². The summed E-state index contributed by atoms with van der Waals surface area (Å²) >= 11 is 5.04. The van der Waals surface area contributed by atoms with E-state index in [1.165, 1.54) is 11.3 Å². The molecule has 0 fully saturated rings. The minimum absolute atomic E-state index is 0.0945. The second kappa shape index (κ2) is 7.30. The number of nitrogens with two attached hydrogens (primary N) is 1. The number of fused-ring (bicyclic) bond motifs is 1. The number of nitrogens with one attached hydrogen (secondary N) is 2. The van der Waals surface area contributed by atoms with Crippen molar-refractivity contribution in [1.29, 1.82) is 0 Å². The quantitative estimate of drug-likeness (QED) is 0.645. The highest BCUT2D eigenvalue weighted by Crippen LogP contribution is 2.42. The molecule has 3 heterocycles. The fourth-order valence-electron chi connectivity index (χ4n) is 2.61. The molecule has 1 aromatic rings. The molecular weight excluding hydrogens is 412 g/mol. The fourth-order valence-corrected chi connectivity index (χ4v) is 6.26. The molecular formula is C15H17BrN4O2S2. The molecule has 0 saturated carbocycles. The van der Waals surface area contributed by atoms with Gasteiger partial charge in [-0.3, -0.25) is 9.59 Å². The lowest BCUT2D eigenvalue weighted by atomic mass is 10.0. The number of likely N-dealkylation sites (N-methyl/N-ethyl adjacent to an activating group) is 1. The monoisotopic (exact) mass is 428 g/mol. The Morgan fingerprint density at radius 2 is 2.33 bits per heavy atom. The van der Waals surface area contributed by atoms with E-state index in [4.69, 9.17) is 5.73 Å². The molecule has 0 spiro atoms. The molecule has 1 aromatic heterocycles. The van der Waals surface area contributed by atoms with Gasteiger partial charge < -0.3 is 16.4 Å². The Morgan fingerprint density at radius 1 is 1.54 bits per heavy atom. The Hall–Kier alpha value is -1.29. The van der Waals surface area contributed by atoms with Gasteiger partial charge in [-0.1, -0.05) is 6.07 Å². The summed E-state index contributed by atoms with van der Waals surface area (Å²) in [5, 5.41) is 7.81. The average Bonchev–Trinajstić information content (AvgIpc) is 3.25. The van der Waals surface area contributed by atoms with Gasteiger partial charge in [0.05, 0.1) is 27.0 Å². The van der Waals surface area contributed by atoms with Crippen LogP contribution in [0.3, 0.4) is 0 Å². The fraction of sp³-hybridized carbons (Fsp3) is 0.333. The highest BCUT2D eigenvalue weighted by atomic mass is 79.9. The summed E-state index contributed by atoms with van der Waals surface area (Å²) < 4.78 is 5.64. The van der Waals surface area contributed by atoms with Crippen molar-refractivity contribution in [3.63, 3.8) is 0 Å². The summed E-state index contributed by atoms with van der Waals surface area (Å²) in [4.78, 5) is 25.5. The van der Waals surface area contributed by atoms with Gasteiger partial charge in [-0.05, 0) is 57.1 Å². The number of hydrogen-bond donors (Lipinski definition) is 3. The number of carbonyl (C=O) groups is 2. The van der Waals surface area contributed by atoms with Gasteiger partial charge in [0.15, 0.2) is 0 Å². The largest absolute Gasteiger partial charge is 0.368 e. The van der Waals surface area contributed by atoms with E-state index in [1.807, 2.05) is 11.4 Å². The predicted molar refractivity (Wildman–Crippen MR) is 101 cm³/mol. The van der Waals surface area contributed by atoms with Crippen molar-refractivity contribution >= 4 is 49.8 Å². The molecule has 0 saturated heterocycles. The molecule has 2 atom stereocenters. The summed E-state index contributed by atoms with van der Waals surface area (Å²) in [6.45, 7) is 0.517. The first-order valence-electron chi connectivity index (χ1n) is 7.34. The first kappa shape index (κ1) is 17.5. The number of allylic oxidation sites excluding steroid dienone is 1. The summed E-state index contributed by atoms with van der Waals surface area (Å²) in [5.74, 6) is -0.467. The van der Waals surface area contributed by atoms with Crippen LogP contribution in [0.2, 0.25) is 0 Å². The van der Waals surface area contributed by atoms with E-state index in [0.29, 0.717) is 24.3 Å². The lowest BCUT2D eigenvalue weighted by Crippen LogP contribution is -2.39. The van der Waals surface area contributed by atoms with Crippen LogP contribution in [0.4, 0.5) is 0 Å². The van der Waals surface area contributed by atoms with E-state index in [9.17, 15) is 9.59 Å². The molecule has 0 radical (unpaired) electrons. The molecule has 4 N–H and O–H groups in total. The Morgan fingerprint density at radius 3 is 2.96 bits per heavy atom. The molecule has 0 bridgehead atoms. The van der Waals surface area contributed by atoms with Crippen molar-refractivity contribution in [1.82, 2.24) is 10.6 Å². The standard InChI is InChI=1S/C15H17BrN4O2S2/c1-18-9(14(17)21)5-8-6-12-10(7-19-24(12)13(8)16)20-15(22)11-3-2-4-23-11/h2-4,9,18H,5-7H2,1H3,(H2,17,21)(H,20,22)/t9-,24?/m0/s1. The maximum absolute atomic E-state index is 12.3. The predicted octanol–water partition coefficient (Wildman–Crippen LogP) is 1.98. The molecule has 2 amide bonds. The van der Waals surface area contributed by atoms with Crippen LogP contribution in [0.1, 0.15) is 22.5 Å². The number of halogens is 1. The van der Waals surface area contributed by atoms with E-state index in [0.717, 1.165) is 20.0 Å². The second-order valence-electron chi connectivity index (χ2n) is 5.41. The molecule has 128 valence electrons. The summed E-state index contributed by atoms with van der Waals surface area (Å²) in [5.41, 5.74) is 7.39. The Balaban J connectivity index is 1.76. The van der Waals surface area contributed by atoms with Crippen LogP contribution in [-0.4, -0.2) is 31.4 Å². The third-order valence-electron chi connectivity index (χ3n) is 3.90. The number of amides is 2. The summed E-state index contributed by atoms with van der Waals surface area (Å²) in [7, 11) is 1.36. The van der Waals surface area contributed by atoms with Crippen molar-refractivity contribution < 1.29 is 9.59 Å². The van der Waals surface area contributed by atoms with Crippen molar-refractivity contribution in [2.24, 2.45) is 10.1 Å². The molecule has 9 heteroatoms. The van der Waals surface area contributed by atoms with Crippen LogP contribution in [0.5, 0.6) is 0 Å². The smallest absolute Gasteiger partial charge is 0.265 e. The van der Waals surface area contributed by atoms with Gasteiger partial charge in [-0.15, -0.1) is 11.3 Å². The normalized spacial score (nSPS) is 20.8. The maximum Gasteiger partial charge on any atom is 0.265 e. The number of rotatable bonds is 6. The molecule has 6 nitrogen and oxygen atoms in total. The summed E-state index contributed by atoms with van der Waals surface area (Å²) in [6.07, 6.45) is 1.25. The van der Waals surface area contributed by atoms with E-state index >= 15 is 0 Å². The van der Waals surface area contributed by atoms with Gasteiger partial charge in [-0.2, -0.15) is 0 Å². The number of thiophene rings is 1. The third kappa shape index (κ3) is 3.39. The molecule has 2 aliphatic heterocycles. The molecule has 0 aromatic carbocycles. The number of hydrogen-bond acceptors (Lipinski definition) is 5. The number of primary amides is 1. The van der Waals surface area contributed by atoms with Crippen LogP contribution < -0.4 is 16.4 Å². The highest BCUT2D eigenvalue weighted by molar-refractivity contribution is 9.13. The van der Waals surface area contributed by atoms with Crippen molar-refractivity contribution in [2.75, 3.05) is 13.6 Å². The Kier molecular flexibility index (Phi) is 5.33. The van der Waals surface area contributed by atoms with Crippen molar-refractivity contribution in [3.05, 3.63) is 42.4 Å². The highest BCUT2D eigenvalue weighted by Gasteiger charge is 2.32. The molecule has 3 rings (SSSR count). The van der Waals surface area contributed by atoms with Crippen LogP contribution in [0, 0.1) is 0 Å². The maximum atomic E-state index is 12.3. The van der Waals surface area contributed by atoms with E-state index in [-0.39, 0.29) is 22.5 Å². The molecule has 0 aliphatic carbocycles. The SMILES string of the molecule is CN[C@@H](CC1=C(Br)S2=NCC(NC(=O)c3cccs3)=C2C1)C(N)=O. The zero-order valence-corrected chi connectivity index (χ0v) is 16.2. The molecule has 24 heavy (non-hydrogen) atoms. The summed E-state index contributed by atoms with van der Waals surface area (Å²) in [6, 6.07) is 3.26. The minimum atomic E-state index is -0.402. The lowest BCUT2D eigenvalue weighted by Gasteiger charge is -2.13. The van der Waals surface area contributed by atoms with Crippen LogP contribution >= 0.6 is 27.3 Å². The number of carbonyl (C=O) groups excluding carboxylic acids is 2. The van der Waals surface area contributed by atoms with E-state index in [1.54, 1.807) is 13.1 Å². The third-order valence-corrected chi connectivity index (χ3v) is 8.12. The van der Waals surface area contributed by atoms with Gasteiger partial charge in [0.1, 0.15) is 0 Å². The van der Waals surface area contributed by atoms with Crippen molar-refractivity contribution in [3.8, 4) is 0 Å². The van der Waals surface area contributed by atoms with Gasteiger partial charge in [0.2, 0.25) is 5.91 Å².